The van der Waals surface area contributed by atoms with Gasteiger partial charge in [0.1, 0.15) is 24.0 Å². The smallest absolute Gasteiger partial charge is 0.273 e. The summed E-state index contributed by atoms with van der Waals surface area (Å²) in [6.45, 7) is 0.0722. The summed E-state index contributed by atoms with van der Waals surface area (Å²) in [6.07, 6.45) is -4.33. The molecule has 0 spiro atoms. The number of hydrogen-bond donors (Lipinski definition) is 1. The second-order valence-electron chi connectivity index (χ2n) is 7.08. The molecule has 4 rings (SSSR count). The van der Waals surface area contributed by atoms with Crippen molar-refractivity contribution in [2.24, 2.45) is 0 Å². The molecule has 4 heterocycles. The second-order valence-corrected chi connectivity index (χ2v) is 7.08. The molecule has 0 aromatic carbocycles. The van der Waals surface area contributed by atoms with Crippen LogP contribution in [0, 0.1) is 0 Å². The number of amides is 2. The van der Waals surface area contributed by atoms with Gasteiger partial charge in [-0.05, 0) is 12.1 Å². The third-order valence-corrected chi connectivity index (χ3v) is 4.60. The van der Waals surface area contributed by atoms with E-state index in [0.29, 0.717) is 12.1 Å². The maximum atomic E-state index is 13.1. The molecule has 0 unspecified atom stereocenters. The molecule has 1 aliphatic heterocycles. The SMILES string of the molecule is O=C1CCN(C(=O)/C(=C/n2cnc(-c3cc(C(F)(F)F)nc(C(F)(F)F)c3)n2)c2cncnc2)N1. The van der Waals surface area contributed by atoms with Gasteiger partial charge in [-0.1, -0.05) is 0 Å². The zero-order valence-corrected chi connectivity index (χ0v) is 17.2. The van der Waals surface area contributed by atoms with Crippen molar-refractivity contribution in [3.05, 3.63) is 54.1 Å². The Labute approximate surface area is 191 Å². The second kappa shape index (κ2) is 8.77. The quantitative estimate of drug-likeness (QED) is 0.434. The first-order valence-electron chi connectivity index (χ1n) is 9.58. The van der Waals surface area contributed by atoms with E-state index in [1.165, 1.54) is 18.7 Å². The first kappa shape index (κ1) is 23.8. The Hall–Kier alpha value is -4.37. The number of rotatable bonds is 4. The number of halogens is 6. The topological polar surface area (TPSA) is 119 Å². The lowest BCUT2D eigenvalue weighted by Crippen LogP contribution is -2.39. The van der Waals surface area contributed by atoms with Gasteiger partial charge >= 0.3 is 12.4 Å². The number of nitrogens with zero attached hydrogens (tertiary/aromatic N) is 7. The molecule has 3 aromatic heterocycles. The number of carbonyl (C=O) groups excluding carboxylic acids is 2. The van der Waals surface area contributed by atoms with Gasteiger partial charge in [0.15, 0.2) is 5.82 Å². The third-order valence-electron chi connectivity index (χ3n) is 4.60. The van der Waals surface area contributed by atoms with Crippen LogP contribution in [0.5, 0.6) is 0 Å². The standard InChI is InChI=1S/C19H12F6N8O2/c20-18(21,22)13-3-10(4-14(29-13)19(23,24)25)16-28-9-32(31-16)7-12(11-5-26-8-27-6-11)17(35)33-2-1-15(34)30-33/h3-9H,1-2H2,(H,30,34)/b12-7+. The maximum absolute atomic E-state index is 13.1. The summed E-state index contributed by atoms with van der Waals surface area (Å²) in [7, 11) is 0. The number of aromatic nitrogens is 6. The van der Waals surface area contributed by atoms with Crippen LogP contribution in [0.15, 0.2) is 37.2 Å². The first-order valence-corrected chi connectivity index (χ1v) is 9.58. The van der Waals surface area contributed by atoms with E-state index in [2.05, 4.69) is 30.5 Å². The average molecular weight is 498 g/mol. The molecule has 35 heavy (non-hydrogen) atoms. The van der Waals surface area contributed by atoms with Gasteiger partial charge in [-0.25, -0.2) is 29.6 Å². The molecule has 16 heteroatoms. The minimum Gasteiger partial charge on any atom is -0.273 e. The van der Waals surface area contributed by atoms with E-state index in [-0.39, 0.29) is 30.0 Å². The van der Waals surface area contributed by atoms with Gasteiger partial charge in [0.25, 0.3) is 5.91 Å². The monoisotopic (exact) mass is 498 g/mol. The molecule has 3 aromatic rings. The Morgan fingerprint density at radius 3 is 2.20 bits per heavy atom. The van der Waals surface area contributed by atoms with Crippen LogP contribution in [0.2, 0.25) is 0 Å². The Morgan fingerprint density at radius 1 is 1.03 bits per heavy atom. The van der Waals surface area contributed by atoms with E-state index in [4.69, 9.17) is 0 Å². The van der Waals surface area contributed by atoms with Gasteiger partial charge in [-0.15, -0.1) is 5.10 Å². The van der Waals surface area contributed by atoms with Gasteiger partial charge < -0.3 is 0 Å². The summed E-state index contributed by atoms with van der Waals surface area (Å²) in [6, 6.07) is 0.769. The highest BCUT2D eigenvalue weighted by molar-refractivity contribution is 6.23. The van der Waals surface area contributed by atoms with Crippen LogP contribution in [-0.2, 0) is 21.9 Å². The van der Waals surface area contributed by atoms with Crippen LogP contribution in [0.3, 0.4) is 0 Å². The van der Waals surface area contributed by atoms with Crippen molar-refractivity contribution in [1.29, 1.82) is 0 Å². The predicted octanol–water partition coefficient (Wildman–Crippen LogP) is 2.43. The predicted molar refractivity (Wildman–Crippen MR) is 104 cm³/mol. The minimum absolute atomic E-state index is 0.0722. The average Bonchev–Trinajstić information content (AvgIpc) is 3.45. The molecule has 2 amide bonds. The summed E-state index contributed by atoms with van der Waals surface area (Å²) in [5, 5.41) is 4.92. The van der Waals surface area contributed by atoms with Gasteiger partial charge in [0.05, 0.1) is 12.1 Å². The highest BCUT2D eigenvalue weighted by atomic mass is 19.4. The zero-order valence-electron chi connectivity index (χ0n) is 17.2. The molecular weight excluding hydrogens is 486 g/mol. The molecule has 0 bridgehead atoms. The number of pyridine rings is 1. The molecule has 182 valence electrons. The largest absolute Gasteiger partial charge is 0.433 e. The number of alkyl halides is 6. The van der Waals surface area contributed by atoms with Crippen LogP contribution in [0.1, 0.15) is 23.4 Å². The van der Waals surface area contributed by atoms with Crippen LogP contribution in [-0.4, -0.2) is 53.1 Å². The van der Waals surface area contributed by atoms with Crippen LogP contribution < -0.4 is 5.43 Å². The van der Waals surface area contributed by atoms with Crippen molar-refractivity contribution in [2.45, 2.75) is 18.8 Å². The molecule has 0 saturated carbocycles. The Morgan fingerprint density at radius 2 is 1.66 bits per heavy atom. The molecule has 0 aliphatic carbocycles. The lowest BCUT2D eigenvalue weighted by atomic mass is 10.1. The summed E-state index contributed by atoms with van der Waals surface area (Å²) in [4.78, 5) is 38.5. The van der Waals surface area contributed by atoms with E-state index in [1.54, 1.807) is 0 Å². The third kappa shape index (κ3) is 5.25. The number of hydrazine groups is 1. The highest BCUT2D eigenvalue weighted by Crippen LogP contribution is 2.35. The van der Waals surface area contributed by atoms with Crippen molar-refractivity contribution in [1.82, 2.24) is 40.2 Å². The van der Waals surface area contributed by atoms with E-state index in [1.807, 2.05) is 0 Å². The molecule has 1 saturated heterocycles. The summed E-state index contributed by atoms with van der Waals surface area (Å²) >= 11 is 0. The number of nitrogens with one attached hydrogen (secondary N) is 1. The van der Waals surface area contributed by atoms with Crippen molar-refractivity contribution >= 4 is 23.6 Å². The lowest BCUT2D eigenvalue weighted by Gasteiger charge is -2.17. The number of hydrogen-bond acceptors (Lipinski definition) is 7. The van der Waals surface area contributed by atoms with Crippen molar-refractivity contribution in [3.63, 3.8) is 0 Å². The van der Waals surface area contributed by atoms with E-state index in [9.17, 15) is 35.9 Å². The molecule has 0 radical (unpaired) electrons. The fraction of sp³-hybridized carbons (Fsp3) is 0.211. The summed E-state index contributed by atoms with van der Waals surface area (Å²) in [5.41, 5.74) is -1.63. The van der Waals surface area contributed by atoms with Crippen molar-refractivity contribution in [3.8, 4) is 11.4 Å². The zero-order chi connectivity index (χ0) is 25.4. The van der Waals surface area contributed by atoms with Crippen molar-refractivity contribution < 1.29 is 35.9 Å². The molecule has 1 aliphatic rings. The summed E-state index contributed by atoms with van der Waals surface area (Å²) in [5.74, 6) is -1.54. The molecular formula is C19H12F6N8O2. The first-order chi connectivity index (χ1) is 16.4. The number of carbonyl (C=O) groups is 2. The molecule has 1 fully saturated rings. The minimum atomic E-state index is -5.15. The van der Waals surface area contributed by atoms with Crippen molar-refractivity contribution in [2.75, 3.05) is 6.54 Å². The van der Waals surface area contributed by atoms with Gasteiger partial charge in [-0.2, -0.15) is 26.3 Å². The van der Waals surface area contributed by atoms with E-state index < -0.39 is 41.0 Å². The molecule has 1 N–H and O–H groups in total. The fourth-order valence-electron chi connectivity index (χ4n) is 3.02. The van der Waals surface area contributed by atoms with Crippen LogP contribution in [0.4, 0.5) is 26.3 Å². The Kier molecular flexibility index (Phi) is 5.96. The lowest BCUT2D eigenvalue weighted by molar-refractivity contribution is -0.150. The fourth-order valence-corrected chi connectivity index (χ4v) is 3.02. The Bertz CT molecular complexity index is 1270. The molecule has 10 nitrogen and oxygen atoms in total. The van der Waals surface area contributed by atoms with Gasteiger partial charge in [-0.3, -0.25) is 15.0 Å². The maximum Gasteiger partial charge on any atom is 0.433 e. The normalized spacial score (nSPS) is 14.9. The van der Waals surface area contributed by atoms with Crippen LogP contribution in [0.25, 0.3) is 23.2 Å². The van der Waals surface area contributed by atoms with E-state index in [0.717, 1.165) is 22.2 Å². The van der Waals surface area contributed by atoms with Gasteiger partial charge in [0.2, 0.25) is 5.91 Å². The highest BCUT2D eigenvalue weighted by Gasteiger charge is 2.39. The van der Waals surface area contributed by atoms with Crippen LogP contribution >= 0.6 is 0 Å². The summed E-state index contributed by atoms with van der Waals surface area (Å²) < 4.78 is 79.6. The molecule has 0 atom stereocenters. The van der Waals surface area contributed by atoms with E-state index >= 15 is 0 Å². The van der Waals surface area contributed by atoms with Gasteiger partial charge in [0, 0.05) is 36.1 Å². The Balaban J connectivity index is 1.75.